The third kappa shape index (κ3) is 3.49. The smallest absolute Gasteiger partial charge is 0.251 e. The van der Waals surface area contributed by atoms with Crippen LogP contribution in [0.3, 0.4) is 0 Å². The van der Waals surface area contributed by atoms with Gasteiger partial charge < -0.3 is 10.7 Å². The van der Waals surface area contributed by atoms with Gasteiger partial charge in [-0.05, 0) is 24.5 Å². The van der Waals surface area contributed by atoms with Crippen LogP contribution in [0.5, 0.6) is 0 Å². The molecule has 0 fully saturated rings. The first-order valence-electron chi connectivity index (χ1n) is 6.65. The largest absolute Gasteiger partial charge is 0.326 e. The molecule has 3 N–H and O–H groups in total. The molecule has 106 valence electrons. The van der Waals surface area contributed by atoms with Gasteiger partial charge in [-0.3, -0.25) is 4.79 Å². The van der Waals surface area contributed by atoms with Crippen molar-refractivity contribution in [2.45, 2.75) is 36.7 Å². The maximum atomic E-state index is 11.4. The van der Waals surface area contributed by atoms with Crippen LogP contribution < -0.4 is 11.3 Å². The molecule has 0 spiro atoms. The Balaban J connectivity index is 2.34. The molecule has 1 heterocycles. The zero-order valence-electron chi connectivity index (χ0n) is 11.7. The van der Waals surface area contributed by atoms with Crippen LogP contribution in [-0.2, 0) is 0 Å². The lowest BCUT2D eigenvalue weighted by molar-refractivity contribution is 0.630. The van der Waals surface area contributed by atoms with Crippen molar-refractivity contribution in [2.75, 3.05) is 0 Å². The molecule has 20 heavy (non-hydrogen) atoms. The van der Waals surface area contributed by atoms with E-state index >= 15 is 0 Å². The van der Waals surface area contributed by atoms with Crippen molar-refractivity contribution in [3.8, 4) is 0 Å². The standard InChI is InChI=1S/C15H19N3OS/c1-3-12(16)14(11-7-5-4-6-10(11)2)20-15-17-9-8-13(19)18-15/h4-9,12,14H,3,16H2,1-2H3,(H,17,18,19). The van der Waals surface area contributed by atoms with Gasteiger partial charge in [-0.15, -0.1) is 0 Å². The SMILES string of the molecule is CCC(N)C(Sc1nccc(=O)[nH]1)c1ccccc1C. The summed E-state index contributed by atoms with van der Waals surface area (Å²) in [4.78, 5) is 18.3. The number of aromatic nitrogens is 2. The van der Waals surface area contributed by atoms with E-state index in [4.69, 9.17) is 5.73 Å². The minimum Gasteiger partial charge on any atom is -0.326 e. The normalized spacial score (nSPS) is 13.9. The lowest BCUT2D eigenvalue weighted by Gasteiger charge is -2.23. The summed E-state index contributed by atoms with van der Waals surface area (Å²) in [5.74, 6) is 0. The van der Waals surface area contributed by atoms with E-state index in [1.165, 1.54) is 35.2 Å². The fourth-order valence-corrected chi connectivity index (χ4v) is 3.31. The summed E-state index contributed by atoms with van der Waals surface area (Å²) < 4.78 is 0. The van der Waals surface area contributed by atoms with Gasteiger partial charge in [0.05, 0.1) is 5.25 Å². The molecule has 4 nitrogen and oxygen atoms in total. The Morgan fingerprint density at radius 2 is 2.10 bits per heavy atom. The van der Waals surface area contributed by atoms with Gasteiger partial charge in [0.1, 0.15) is 0 Å². The number of hydrogen-bond acceptors (Lipinski definition) is 4. The number of nitrogens with two attached hydrogens (primary N) is 1. The third-order valence-corrected chi connectivity index (χ3v) is 4.53. The summed E-state index contributed by atoms with van der Waals surface area (Å²) in [6.07, 6.45) is 2.39. The van der Waals surface area contributed by atoms with Crippen LogP contribution in [-0.4, -0.2) is 16.0 Å². The number of hydrogen-bond donors (Lipinski definition) is 2. The van der Waals surface area contributed by atoms with Gasteiger partial charge in [-0.2, -0.15) is 0 Å². The molecule has 0 amide bonds. The van der Waals surface area contributed by atoms with Crippen molar-refractivity contribution in [3.63, 3.8) is 0 Å². The van der Waals surface area contributed by atoms with Gasteiger partial charge in [0.25, 0.3) is 5.56 Å². The van der Waals surface area contributed by atoms with E-state index in [-0.39, 0.29) is 16.9 Å². The van der Waals surface area contributed by atoms with E-state index in [9.17, 15) is 4.79 Å². The topological polar surface area (TPSA) is 71.8 Å². The highest BCUT2D eigenvalue weighted by Gasteiger charge is 2.22. The first-order valence-corrected chi connectivity index (χ1v) is 7.53. The summed E-state index contributed by atoms with van der Waals surface area (Å²) in [7, 11) is 0. The highest BCUT2D eigenvalue weighted by atomic mass is 32.2. The average Bonchev–Trinajstić information content (AvgIpc) is 2.45. The predicted octanol–water partition coefficient (Wildman–Crippen LogP) is 2.65. The van der Waals surface area contributed by atoms with Gasteiger partial charge in [0.15, 0.2) is 5.16 Å². The molecule has 2 rings (SSSR count). The van der Waals surface area contributed by atoms with Crippen LogP contribution in [0.2, 0.25) is 0 Å². The van der Waals surface area contributed by atoms with Crippen LogP contribution >= 0.6 is 11.8 Å². The van der Waals surface area contributed by atoms with Crippen molar-refractivity contribution in [1.29, 1.82) is 0 Å². The molecule has 5 heteroatoms. The van der Waals surface area contributed by atoms with Crippen LogP contribution in [0.15, 0.2) is 46.5 Å². The van der Waals surface area contributed by atoms with Crippen molar-refractivity contribution in [3.05, 3.63) is 58.0 Å². The number of benzene rings is 1. The zero-order chi connectivity index (χ0) is 14.5. The summed E-state index contributed by atoms with van der Waals surface area (Å²) in [5.41, 5.74) is 8.51. The second kappa shape index (κ2) is 6.72. The molecule has 0 aliphatic heterocycles. The monoisotopic (exact) mass is 289 g/mol. The number of rotatable bonds is 5. The van der Waals surface area contributed by atoms with Gasteiger partial charge in [0.2, 0.25) is 0 Å². The quantitative estimate of drug-likeness (QED) is 0.655. The van der Waals surface area contributed by atoms with E-state index in [0.717, 1.165) is 6.42 Å². The Bertz CT molecular complexity index is 626. The highest BCUT2D eigenvalue weighted by molar-refractivity contribution is 7.99. The lowest BCUT2D eigenvalue weighted by Crippen LogP contribution is -2.26. The fraction of sp³-hybridized carbons (Fsp3) is 0.333. The number of aryl methyl sites for hydroxylation is 1. The second-order valence-corrected chi connectivity index (χ2v) is 5.84. The summed E-state index contributed by atoms with van der Waals surface area (Å²) in [6, 6.07) is 9.61. The van der Waals surface area contributed by atoms with E-state index < -0.39 is 0 Å². The van der Waals surface area contributed by atoms with Gasteiger partial charge >= 0.3 is 0 Å². The van der Waals surface area contributed by atoms with Crippen LogP contribution in [0.4, 0.5) is 0 Å². The predicted molar refractivity (Wildman–Crippen MR) is 82.9 cm³/mol. The van der Waals surface area contributed by atoms with Gasteiger partial charge in [0, 0.05) is 18.3 Å². The molecule has 2 unspecified atom stereocenters. The molecular formula is C15H19N3OS. The Kier molecular flexibility index (Phi) is 4.98. The molecule has 2 aromatic rings. The molecule has 0 saturated heterocycles. The Morgan fingerprint density at radius 1 is 1.35 bits per heavy atom. The first kappa shape index (κ1) is 14.8. The first-order chi connectivity index (χ1) is 9.61. The molecule has 0 bridgehead atoms. The van der Waals surface area contributed by atoms with E-state index in [1.807, 2.05) is 12.1 Å². The van der Waals surface area contributed by atoms with E-state index in [1.54, 1.807) is 0 Å². The Hall–Kier alpha value is -1.59. The zero-order valence-corrected chi connectivity index (χ0v) is 12.5. The number of nitrogens with one attached hydrogen (secondary N) is 1. The second-order valence-electron chi connectivity index (χ2n) is 4.71. The van der Waals surface area contributed by atoms with Crippen LogP contribution in [0, 0.1) is 6.92 Å². The maximum absolute atomic E-state index is 11.4. The molecule has 2 atom stereocenters. The number of H-pyrrole nitrogens is 1. The lowest BCUT2D eigenvalue weighted by atomic mass is 10.00. The Labute approximate surface area is 122 Å². The highest BCUT2D eigenvalue weighted by Crippen LogP contribution is 2.37. The number of thioether (sulfide) groups is 1. The summed E-state index contributed by atoms with van der Waals surface area (Å²) in [6.45, 7) is 4.14. The van der Waals surface area contributed by atoms with Crippen LogP contribution in [0.1, 0.15) is 29.7 Å². The fourth-order valence-electron chi connectivity index (χ4n) is 2.03. The van der Waals surface area contributed by atoms with Gasteiger partial charge in [-0.25, -0.2) is 4.98 Å². The number of aromatic amines is 1. The van der Waals surface area contributed by atoms with Crippen molar-refractivity contribution in [2.24, 2.45) is 5.73 Å². The van der Waals surface area contributed by atoms with Crippen molar-refractivity contribution in [1.82, 2.24) is 9.97 Å². The molecule has 1 aromatic heterocycles. The molecule has 1 aromatic carbocycles. The van der Waals surface area contributed by atoms with Gasteiger partial charge in [-0.1, -0.05) is 43.0 Å². The number of nitrogens with zero attached hydrogens (tertiary/aromatic N) is 1. The average molecular weight is 289 g/mol. The third-order valence-electron chi connectivity index (χ3n) is 3.24. The van der Waals surface area contributed by atoms with E-state index in [2.05, 4.69) is 35.9 Å². The summed E-state index contributed by atoms with van der Waals surface area (Å²) >= 11 is 1.51. The maximum Gasteiger partial charge on any atom is 0.251 e. The molecule has 0 radical (unpaired) electrons. The van der Waals surface area contributed by atoms with Crippen molar-refractivity contribution < 1.29 is 0 Å². The minimum atomic E-state index is -0.142. The minimum absolute atomic E-state index is 0.00612. The molecule has 0 aliphatic carbocycles. The molecule has 0 aliphatic rings. The van der Waals surface area contributed by atoms with Crippen LogP contribution in [0.25, 0.3) is 0 Å². The summed E-state index contributed by atoms with van der Waals surface area (Å²) in [5, 5.41) is 0.682. The van der Waals surface area contributed by atoms with Crippen molar-refractivity contribution >= 4 is 11.8 Å². The Morgan fingerprint density at radius 3 is 2.75 bits per heavy atom. The molecular weight excluding hydrogens is 270 g/mol. The van der Waals surface area contributed by atoms with E-state index in [0.29, 0.717) is 5.16 Å². The molecule has 0 saturated carbocycles.